The lowest BCUT2D eigenvalue weighted by molar-refractivity contribution is 0.262. The van der Waals surface area contributed by atoms with Gasteiger partial charge in [-0.2, -0.15) is 0 Å². The van der Waals surface area contributed by atoms with Gasteiger partial charge in [-0.1, -0.05) is 23.5 Å². The third kappa shape index (κ3) is 4.51. The van der Waals surface area contributed by atoms with Crippen molar-refractivity contribution in [3.05, 3.63) is 54.3 Å². The monoisotopic (exact) mass is 358 g/mol. The molecule has 25 heavy (non-hydrogen) atoms. The molecule has 0 spiro atoms. The standard InChI is InChI=1S/C17H15FN4O2S/c1-2-24-14-8-6-13(7-9-14)19-16(23)20-17-22-21-15(25-17)11-4-3-5-12(18)10-11/h3-10H,2H2,1H3,(H2,19,20,22,23). The van der Waals surface area contributed by atoms with Gasteiger partial charge in [0.2, 0.25) is 5.13 Å². The number of urea groups is 1. The van der Waals surface area contributed by atoms with Crippen molar-refractivity contribution in [1.82, 2.24) is 10.2 Å². The minimum atomic E-state index is -0.439. The van der Waals surface area contributed by atoms with Gasteiger partial charge in [-0.25, -0.2) is 9.18 Å². The summed E-state index contributed by atoms with van der Waals surface area (Å²) >= 11 is 1.16. The lowest BCUT2D eigenvalue weighted by atomic mass is 10.2. The number of carbonyl (C=O) groups excluding carboxylic acids is 1. The number of halogens is 1. The van der Waals surface area contributed by atoms with Gasteiger partial charge >= 0.3 is 6.03 Å². The SMILES string of the molecule is CCOc1ccc(NC(=O)Nc2nnc(-c3cccc(F)c3)s2)cc1. The summed E-state index contributed by atoms with van der Waals surface area (Å²) in [5, 5.41) is 14.0. The van der Waals surface area contributed by atoms with Gasteiger partial charge in [-0.15, -0.1) is 10.2 Å². The van der Waals surface area contributed by atoms with Crippen LogP contribution in [0.15, 0.2) is 48.5 Å². The zero-order chi connectivity index (χ0) is 17.6. The number of rotatable bonds is 5. The first-order chi connectivity index (χ1) is 12.1. The Morgan fingerprint density at radius 1 is 1.16 bits per heavy atom. The summed E-state index contributed by atoms with van der Waals surface area (Å²) < 4.78 is 18.6. The third-order valence-corrected chi connectivity index (χ3v) is 4.03. The van der Waals surface area contributed by atoms with E-state index in [4.69, 9.17) is 4.74 Å². The van der Waals surface area contributed by atoms with E-state index in [0.29, 0.717) is 28.0 Å². The highest BCUT2D eigenvalue weighted by atomic mass is 32.1. The van der Waals surface area contributed by atoms with Crippen LogP contribution in [-0.4, -0.2) is 22.8 Å². The summed E-state index contributed by atoms with van der Waals surface area (Å²) in [5.74, 6) is 0.382. The molecule has 1 heterocycles. The first-order valence-corrected chi connectivity index (χ1v) is 8.36. The van der Waals surface area contributed by atoms with Gasteiger partial charge in [0.1, 0.15) is 16.6 Å². The number of hydrogen-bond acceptors (Lipinski definition) is 5. The highest BCUT2D eigenvalue weighted by Gasteiger charge is 2.10. The highest BCUT2D eigenvalue weighted by molar-refractivity contribution is 7.18. The van der Waals surface area contributed by atoms with Gasteiger partial charge in [-0.3, -0.25) is 5.32 Å². The second-order valence-corrected chi connectivity index (χ2v) is 5.94. The smallest absolute Gasteiger partial charge is 0.325 e. The molecule has 0 aliphatic heterocycles. The average Bonchev–Trinajstić information content (AvgIpc) is 3.05. The van der Waals surface area contributed by atoms with E-state index < -0.39 is 6.03 Å². The molecule has 0 radical (unpaired) electrons. The largest absolute Gasteiger partial charge is 0.494 e. The van der Waals surface area contributed by atoms with Gasteiger partial charge in [0.15, 0.2) is 0 Å². The van der Waals surface area contributed by atoms with Crippen LogP contribution in [0.4, 0.5) is 20.0 Å². The van der Waals surface area contributed by atoms with Crippen molar-refractivity contribution in [1.29, 1.82) is 0 Å². The Labute approximate surface area is 147 Å². The van der Waals surface area contributed by atoms with E-state index in [2.05, 4.69) is 20.8 Å². The number of ether oxygens (including phenoxy) is 1. The van der Waals surface area contributed by atoms with Gasteiger partial charge in [0.25, 0.3) is 0 Å². The van der Waals surface area contributed by atoms with Gasteiger partial charge in [-0.05, 0) is 43.3 Å². The number of anilines is 2. The molecule has 0 bridgehead atoms. The first-order valence-electron chi connectivity index (χ1n) is 7.54. The third-order valence-electron chi connectivity index (χ3n) is 3.14. The van der Waals surface area contributed by atoms with Crippen LogP contribution in [0.5, 0.6) is 5.75 Å². The zero-order valence-electron chi connectivity index (χ0n) is 13.3. The number of nitrogens with zero attached hydrogens (tertiary/aromatic N) is 2. The van der Waals surface area contributed by atoms with Crippen LogP contribution in [0.1, 0.15) is 6.92 Å². The minimum Gasteiger partial charge on any atom is -0.494 e. The molecule has 0 aliphatic rings. The quantitative estimate of drug-likeness (QED) is 0.709. The molecule has 128 valence electrons. The normalized spacial score (nSPS) is 10.3. The van der Waals surface area contributed by atoms with Crippen LogP contribution in [0.3, 0.4) is 0 Å². The Balaban J connectivity index is 1.61. The van der Waals surface area contributed by atoms with Crippen LogP contribution in [-0.2, 0) is 0 Å². The van der Waals surface area contributed by atoms with Crippen molar-refractivity contribution >= 4 is 28.2 Å². The van der Waals surface area contributed by atoms with Crippen LogP contribution in [0.2, 0.25) is 0 Å². The fourth-order valence-electron chi connectivity index (χ4n) is 2.07. The Hall–Kier alpha value is -3.00. The highest BCUT2D eigenvalue weighted by Crippen LogP contribution is 2.26. The number of aromatic nitrogens is 2. The van der Waals surface area contributed by atoms with Crippen molar-refractivity contribution in [3.8, 4) is 16.3 Å². The van der Waals surface area contributed by atoms with Gasteiger partial charge < -0.3 is 10.1 Å². The lowest BCUT2D eigenvalue weighted by Crippen LogP contribution is -2.19. The maximum absolute atomic E-state index is 13.3. The Morgan fingerprint density at radius 3 is 2.68 bits per heavy atom. The summed E-state index contributed by atoms with van der Waals surface area (Å²) in [6, 6.07) is 12.6. The number of nitrogens with one attached hydrogen (secondary N) is 2. The average molecular weight is 358 g/mol. The van der Waals surface area contributed by atoms with Crippen LogP contribution in [0, 0.1) is 5.82 Å². The molecule has 3 rings (SSSR count). The van der Waals surface area contributed by atoms with E-state index in [1.54, 1.807) is 36.4 Å². The molecule has 6 nitrogen and oxygen atoms in total. The van der Waals surface area contributed by atoms with Gasteiger partial charge in [0, 0.05) is 11.3 Å². The maximum atomic E-state index is 13.3. The molecule has 8 heteroatoms. The molecule has 1 aromatic heterocycles. The summed E-state index contributed by atoms with van der Waals surface area (Å²) in [6.07, 6.45) is 0. The predicted octanol–water partition coefficient (Wildman–Crippen LogP) is 4.39. The molecule has 0 unspecified atom stereocenters. The number of carbonyl (C=O) groups is 1. The van der Waals surface area contributed by atoms with Crippen LogP contribution in [0.25, 0.3) is 10.6 Å². The molecule has 0 saturated carbocycles. The molecule has 0 saturated heterocycles. The Bertz CT molecular complexity index is 867. The number of amides is 2. The van der Waals surface area contributed by atoms with E-state index in [9.17, 15) is 9.18 Å². The van der Waals surface area contributed by atoms with E-state index in [1.807, 2.05) is 6.92 Å². The molecule has 0 aliphatic carbocycles. The summed E-state index contributed by atoms with van der Waals surface area (Å²) in [6.45, 7) is 2.48. The minimum absolute atomic E-state index is 0.322. The Kier molecular flexibility index (Phi) is 5.20. The number of hydrogen-bond donors (Lipinski definition) is 2. The molecular weight excluding hydrogens is 343 g/mol. The summed E-state index contributed by atoms with van der Waals surface area (Å²) in [7, 11) is 0. The predicted molar refractivity (Wildman–Crippen MR) is 95.6 cm³/mol. The summed E-state index contributed by atoms with van der Waals surface area (Å²) in [5.41, 5.74) is 1.23. The molecule has 2 amide bonds. The molecular formula is C17H15FN4O2S. The van der Waals surface area contributed by atoms with E-state index in [-0.39, 0.29) is 5.82 Å². The van der Waals surface area contributed by atoms with Crippen LogP contribution >= 0.6 is 11.3 Å². The van der Waals surface area contributed by atoms with E-state index in [0.717, 1.165) is 17.1 Å². The van der Waals surface area contributed by atoms with Crippen molar-refractivity contribution in [3.63, 3.8) is 0 Å². The molecule has 2 aromatic carbocycles. The molecule has 3 aromatic rings. The van der Waals surface area contributed by atoms with E-state index in [1.165, 1.54) is 12.1 Å². The van der Waals surface area contributed by atoms with Crippen molar-refractivity contribution in [2.45, 2.75) is 6.92 Å². The molecule has 2 N–H and O–H groups in total. The molecule has 0 atom stereocenters. The second kappa shape index (κ2) is 7.71. The Morgan fingerprint density at radius 2 is 1.96 bits per heavy atom. The van der Waals surface area contributed by atoms with Crippen molar-refractivity contribution in [2.75, 3.05) is 17.2 Å². The first kappa shape index (κ1) is 16.8. The molecule has 0 fully saturated rings. The van der Waals surface area contributed by atoms with Crippen LogP contribution < -0.4 is 15.4 Å². The topological polar surface area (TPSA) is 76.1 Å². The number of benzene rings is 2. The fraction of sp³-hybridized carbons (Fsp3) is 0.118. The fourth-order valence-corrected chi connectivity index (χ4v) is 2.81. The van der Waals surface area contributed by atoms with Gasteiger partial charge in [0.05, 0.1) is 6.61 Å². The van der Waals surface area contributed by atoms with E-state index >= 15 is 0 Å². The van der Waals surface area contributed by atoms with Crippen molar-refractivity contribution < 1.29 is 13.9 Å². The maximum Gasteiger partial charge on any atom is 0.325 e. The summed E-state index contributed by atoms with van der Waals surface area (Å²) in [4.78, 5) is 12.0. The second-order valence-electron chi connectivity index (χ2n) is 4.96. The lowest BCUT2D eigenvalue weighted by Gasteiger charge is -2.06. The van der Waals surface area contributed by atoms with Crippen molar-refractivity contribution in [2.24, 2.45) is 0 Å². The zero-order valence-corrected chi connectivity index (χ0v) is 14.1.